The highest BCUT2D eigenvalue weighted by Gasteiger charge is 2.19. The van der Waals surface area contributed by atoms with Gasteiger partial charge in [-0.15, -0.1) is 0 Å². The SMILES string of the molecule is CC(C)c1ccccc1-c1cc(OCCCO)nc(NS(=O)(=O)c2cccc(N)c2)n1. The molecule has 4 N–H and O–H groups in total. The summed E-state index contributed by atoms with van der Waals surface area (Å²) in [6, 6.07) is 15.4. The van der Waals surface area contributed by atoms with Crippen molar-refractivity contribution in [3.8, 4) is 17.1 Å². The van der Waals surface area contributed by atoms with Crippen molar-refractivity contribution in [2.45, 2.75) is 31.1 Å². The van der Waals surface area contributed by atoms with Crippen LogP contribution in [0.1, 0.15) is 31.7 Å². The highest BCUT2D eigenvalue weighted by atomic mass is 32.2. The number of nitrogens with zero attached hydrogens (tertiary/aromatic N) is 2. The summed E-state index contributed by atoms with van der Waals surface area (Å²) in [5, 5.41) is 9.02. The number of hydrogen-bond acceptors (Lipinski definition) is 7. The van der Waals surface area contributed by atoms with Gasteiger partial charge in [-0.2, -0.15) is 4.98 Å². The Hall–Kier alpha value is -3.17. The van der Waals surface area contributed by atoms with E-state index in [4.69, 9.17) is 15.6 Å². The van der Waals surface area contributed by atoms with Gasteiger partial charge in [-0.25, -0.2) is 18.1 Å². The normalized spacial score (nSPS) is 11.5. The van der Waals surface area contributed by atoms with Crippen LogP contribution >= 0.6 is 0 Å². The Morgan fingerprint density at radius 1 is 1.10 bits per heavy atom. The van der Waals surface area contributed by atoms with Crippen LogP contribution in [0.25, 0.3) is 11.3 Å². The zero-order valence-corrected chi connectivity index (χ0v) is 18.3. The zero-order valence-electron chi connectivity index (χ0n) is 17.4. The number of nitrogens with one attached hydrogen (secondary N) is 1. The Bertz CT molecular complexity index is 1150. The number of nitrogen functional groups attached to an aromatic ring is 1. The van der Waals surface area contributed by atoms with Gasteiger partial charge in [-0.05, 0) is 29.7 Å². The Labute approximate surface area is 182 Å². The van der Waals surface area contributed by atoms with Crippen molar-refractivity contribution < 1.29 is 18.3 Å². The van der Waals surface area contributed by atoms with Gasteiger partial charge < -0.3 is 15.6 Å². The first kappa shape index (κ1) is 22.5. The molecule has 0 aliphatic heterocycles. The second-order valence-electron chi connectivity index (χ2n) is 7.26. The predicted octanol–water partition coefficient (Wildman–Crippen LogP) is 3.41. The number of aliphatic hydroxyl groups excluding tert-OH is 1. The van der Waals surface area contributed by atoms with E-state index in [-0.39, 0.29) is 35.9 Å². The van der Waals surface area contributed by atoms with Gasteiger partial charge in [-0.3, -0.25) is 0 Å². The Balaban J connectivity index is 2.04. The number of anilines is 2. The topological polar surface area (TPSA) is 127 Å². The Morgan fingerprint density at radius 3 is 2.58 bits per heavy atom. The Morgan fingerprint density at radius 2 is 1.87 bits per heavy atom. The summed E-state index contributed by atoms with van der Waals surface area (Å²) < 4.78 is 33.7. The monoisotopic (exact) mass is 442 g/mol. The van der Waals surface area contributed by atoms with E-state index in [0.29, 0.717) is 17.8 Å². The first-order valence-electron chi connectivity index (χ1n) is 9.90. The summed E-state index contributed by atoms with van der Waals surface area (Å²) in [5.74, 6) is 0.331. The van der Waals surface area contributed by atoms with Crippen LogP contribution in [-0.4, -0.2) is 36.7 Å². The molecule has 0 saturated heterocycles. The van der Waals surface area contributed by atoms with Crippen LogP contribution in [0, 0.1) is 0 Å². The van der Waals surface area contributed by atoms with Gasteiger partial charge in [0.2, 0.25) is 11.8 Å². The van der Waals surface area contributed by atoms with Crippen molar-refractivity contribution in [1.29, 1.82) is 0 Å². The highest BCUT2D eigenvalue weighted by Crippen LogP contribution is 2.30. The molecule has 0 unspecified atom stereocenters. The number of nitrogens with two attached hydrogens (primary N) is 1. The fourth-order valence-corrected chi connectivity index (χ4v) is 4.02. The molecule has 3 rings (SSSR count). The lowest BCUT2D eigenvalue weighted by molar-refractivity contribution is 0.229. The summed E-state index contributed by atoms with van der Waals surface area (Å²) in [4.78, 5) is 8.65. The van der Waals surface area contributed by atoms with Crippen LogP contribution in [0.4, 0.5) is 11.6 Å². The van der Waals surface area contributed by atoms with E-state index in [1.165, 1.54) is 12.1 Å². The van der Waals surface area contributed by atoms with Crippen LogP contribution in [0.3, 0.4) is 0 Å². The summed E-state index contributed by atoms with van der Waals surface area (Å²) >= 11 is 0. The lowest BCUT2D eigenvalue weighted by atomic mass is 9.95. The summed E-state index contributed by atoms with van der Waals surface area (Å²) in [6.45, 7) is 4.35. The summed E-state index contributed by atoms with van der Waals surface area (Å²) in [6.07, 6.45) is 0.423. The van der Waals surface area contributed by atoms with E-state index < -0.39 is 10.0 Å². The molecule has 164 valence electrons. The minimum Gasteiger partial charge on any atom is -0.477 e. The molecule has 1 aromatic heterocycles. The van der Waals surface area contributed by atoms with E-state index in [1.807, 2.05) is 24.3 Å². The van der Waals surface area contributed by atoms with Crippen molar-refractivity contribution in [3.63, 3.8) is 0 Å². The number of rotatable bonds is 9. The average Bonchev–Trinajstić information content (AvgIpc) is 2.73. The van der Waals surface area contributed by atoms with Gasteiger partial charge in [0.15, 0.2) is 0 Å². The minimum atomic E-state index is -3.95. The molecule has 3 aromatic rings. The quantitative estimate of drug-likeness (QED) is 0.342. The maximum absolute atomic E-state index is 12.8. The van der Waals surface area contributed by atoms with Crippen molar-refractivity contribution in [1.82, 2.24) is 9.97 Å². The van der Waals surface area contributed by atoms with Crippen LogP contribution < -0.4 is 15.2 Å². The second kappa shape index (κ2) is 9.76. The van der Waals surface area contributed by atoms with Gasteiger partial charge in [-0.1, -0.05) is 44.2 Å². The molecule has 0 atom stereocenters. The number of benzene rings is 2. The summed E-state index contributed by atoms with van der Waals surface area (Å²) in [5.41, 5.74) is 8.50. The van der Waals surface area contributed by atoms with E-state index in [1.54, 1.807) is 18.2 Å². The van der Waals surface area contributed by atoms with Gasteiger partial charge in [0.05, 0.1) is 17.2 Å². The Kier molecular flexibility index (Phi) is 7.09. The number of hydrogen-bond donors (Lipinski definition) is 3. The molecule has 0 saturated carbocycles. The molecule has 0 fully saturated rings. The van der Waals surface area contributed by atoms with Gasteiger partial charge >= 0.3 is 0 Å². The molecule has 31 heavy (non-hydrogen) atoms. The van der Waals surface area contributed by atoms with Gasteiger partial charge in [0, 0.05) is 30.3 Å². The van der Waals surface area contributed by atoms with Crippen molar-refractivity contribution in [3.05, 3.63) is 60.2 Å². The number of aliphatic hydroxyl groups is 1. The smallest absolute Gasteiger partial charge is 0.264 e. The molecule has 8 nitrogen and oxygen atoms in total. The second-order valence-corrected chi connectivity index (χ2v) is 8.94. The van der Waals surface area contributed by atoms with E-state index in [0.717, 1.165) is 11.1 Å². The molecule has 0 aliphatic rings. The summed E-state index contributed by atoms with van der Waals surface area (Å²) in [7, 11) is -3.95. The van der Waals surface area contributed by atoms with E-state index in [9.17, 15) is 8.42 Å². The molecular formula is C22H26N4O4S. The minimum absolute atomic E-state index is 0.00633. The lowest BCUT2D eigenvalue weighted by Crippen LogP contribution is -2.16. The van der Waals surface area contributed by atoms with E-state index >= 15 is 0 Å². The van der Waals surface area contributed by atoms with Crippen LogP contribution in [0.15, 0.2) is 59.5 Å². The molecular weight excluding hydrogens is 416 g/mol. The lowest BCUT2D eigenvalue weighted by Gasteiger charge is -2.15. The molecule has 9 heteroatoms. The van der Waals surface area contributed by atoms with Crippen LogP contribution in [0.2, 0.25) is 0 Å². The molecule has 2 aromatic carbocycles. The fraction of sp³-hybridized carbons (Fsp3) is 0.273. The van der Waals surface area contributed by atoms with Crippen LogP contribution in [0.5, 0.6) is 5.88 Å². The molecule has 0 spiro atoms. The number of ether oxygens (including phenoxy) is 1. The highest BCUT2D eigenvalue weighted by molar-refractivity contribution is 7.92. The maximum Gasteiger partial charge on any atom is 0.264 e. The van der Waals surface area contributed by atoms with E-state index in [2.05, 4.69) is 28.5 Å². The third-order valence-corrected chi connectivity index (χ3v) is 5.83. The molecule has 0 amide bonds. The first-order valence-corrected chi connectivity index (χ1v) is 11.4. The van der Waals surface area contributed by atoms with Crippen molar-refractivity contribution in [2.75, 3.05) is 23.7 Å². The number of sulfonamides is 1. The van der Waals surface area contributed by atoms with Gasteiger partial charge in [0.25, 0.3) is 10.0 Å². The maximum atomic E-state index is 12.8. The third kappa shape index (κ3) is 5.71. The zero-order chi connectivity index (χ0) is 22.4. The van der Waals surface area contributed by atoms with Crippen molar-refractivity contribution in [2.24, 2.45) is 0 Å². The molecule has 0 aliphatic carbocycles. The fourth-order valence-electron chi connectivity index (χ4n) is 3.02. The third-order valence-electron chi connectivity index (χ3n) is 4.51. The average molecular weight is 443 g/mol. The predicted molar refractivity (Wildman–Crippen MR) is 120 cm³/mol. The molecule has 1 heterocycles. The van der Waals surface area contributed by atoms with Crippen molar-refractivity contribution >= 4 is 21.7 Å². The number of aromatic nitrogens is 2. The van der Waals surface area contributed by atoms with Gasteiger partial charge in [0.1, 0.15) is 0 Å². The molecule has 0 bridgehead atoms. The standard InChI is InChI=1S/C22H26N4O4S/c1-15(2)18-9-3-4-10-19(18)20-14-21(30-12-6-11-27)25-22(24-20)26-31(28,29)17-8-5-7-16(23)13-17/h3-5,7-10,13-15,27H,6,11-12,23H2,1-2H3,(H,24,25,26). The molecule has 0 radical (unpaired) electrons. The van der Waals surface area contributed by atoms with Crippen LogP contribution in [-0.2, 0) is 10.0 Å². The first-order chi connectivity index (χ1) is 14.8. The largest absolute Gasteiger partial charge is 0.477 e.